The van der Waals surface area contributed by atoms with Gasteiger partial charge < -0.3 is 0 Å². The van der Waals surface area contributed by atoms with Crippen molar-refractivity contribution in [1.29, 1.82) is 0 Å². The molecule has 0 saturated carbocycles. The summed E-state index contributed by atoms with van der Waals surface area (Å²) in [6.45, 7) is 0. The van der Waals surface area contributed by atoms with Crippen LogP contribution in [0.25, 0.3) is 0 Å². The number of imide groups is 1. The zero-order chi connectivity index (χ0) is 11.0. The zero-order valence-corrected chi connectivity index (χ0v) is 8.29. The Kier molecular flexibility index (Phi) is 2.44. The van der Waals surface area contributed by atoms with Crippen molar-refractivity contribution in [2.45, 2.75) is 11.3 Å². The maximum Gasteiger partial charge on any atom is 0.245 e. The van der Waals surface area contributed by atoms with E-state index in [4.69, 9.17) is 11.6 Å². The lowest BCUT2D eigenvalue weighted by atomic mass is 9.97. The minimum Gasteiger partial charge on any atom is -0.295 e. The Morgan fingerprint density at radius 3 is 2.20 bits per heavy atom. The number of hydrogen-bond donors (Lipinski definition) is 1. The average molecular weight is 228 g/mol. The third-order valence-corrected chi connectivity index (χ3v) is 2.75. The molecule has 1 saturated heterocycles. The fourth-order valence-electron chi connectivity index (χ4n) is 1.54. The van der Waals surface area contributed by atoms with Crippen LogP contribution in [0.4, 0.5) is 4.39 Å². The Morgan fingerprint density at radius 1 is 1.13 bits per heavy atom. The lowest BCUT2D eigenvalue weighted by Crippen LogP contribution is -2.22. The standard InChI is InChI=1S/C10H7ClFNO2/c11-8-7(9(14)13-10(8)15)5-1-3-6(12)4-2-5/h1-4,7-8H,(H,13,14,15). The Morgan fingerprint density at radius 2 is 1.73 bits per heavy atom. The molecule has 0 radical (unpaired) electrons. The van der Waals surface area contributed by atoms with Crippen LogP contribution in [0.15, 0.2) is 24.3 Å². The van der Waals surface area contributed by atoms with Crippen LogP contribution in [0, 0.1) is 5.82 Å². The molecule has 5 heteroatoms. The highest BCUT2D eigenvalue weighted by Gasteiger charge is 2.41. The van der Waals surface area contributed by atoms with E-state index in [0.717, 1.165) is 0 Å². The van der Waals surface area contributed by atoms with E-state index in [2.05, 4.69) is 5.32 Å². The summed E-state index contributed by atoms with van der Waals surface area (Å²) < 4.78 is 12.6. The molecular weight excluding hydrogens is 221 g/mol. The number of carbonyl (C=O) groups excluding carboxylic acids is 2. The number of amides is 2. The number of carbonyl (C=O) groups is 2. The third-order valence-electron chi connectivity index (χ3n) is 2.30. The van der Waals surface area contributed by atoms with Gasteiger partial charge in [-0.15, -0.1) is 11.6 Å². The molecule has 1 aromatic rings. The number of alkyl halides is 1. The number of benzene rings is 1. The van der Waals surface area contributed by atoms with Crippen LogP contribution in [0.5, 0.6) is 0 Å². The van der Waals surface area contributed by atoms with Crippen LogP contribution in [-0.4, -0.2) is 17.2 Å². The summed E-state index contributed by atoms with van der Waals surface area (Å²) in [5.41, 5.74) is 0.541. The van der Waals surface area contributed by atoms with E-state index in [0.29, 0.717) is 5.56 Å². The van der Waals surface area contributed by atoms with Gasteiger partial charge in [0.15, 0.2) is 0 Å². The second kappa shape index (κ2) is 3.62. The van der Waals surface area contributed by atoms with Gasteiger partial charge >= 0.3 is 0 Å². The highest BCUT2D eigenvalue weighted by Crippen LogP contribution is 2.28. The summed E-state index contributed by atoms with van der Waals surface area (Å²) in [5.74, 6) is -2.06. The SMILES string of the molecule is O=C1NC(=O)C(c2ccc(F)cc2)C1Cl. The van der Waals surface area contributed by atoms with Gasteiger partial charge in [-0.2, -0.15) is 0 Å². The number of rotatable bonds is 1. The lowest BCUT2D eigenvalue weighted by molar-refractivity contribution is -0.125. The fraction of sp³-hybridized carbons (Fsp3) is 0.200. The van der Waals surface area contributed by atoms with Gasteiger partial charge in [0, 0.05) is 0 Å². The van der Waals surface area contributed by atoms with Crippen molar-refractivity contribution in [3.8, 4) is 0 Å². The predicted octanol–water partition coefficient (Wildman–Crippen LogP) is 1.17. The third kappa shape index (κ3) is 1.72. The topological polar surface area (TPSA) is 46.2 Å². The van der Waals surface area contributed by atoms with Crippen LogP contribution < -0.4 is 5.32 Å². The first-order valence-corrected chi connectivity index (χ1v) is 4.77. The molecule has 1 N–H and O–H groups in total. The van der Waals surface area contributed by atoms with Gasteiger partial charge in [0.05, 0.1) is 5.92 Å². The molecule has 3 nitrogen and oxygen atoms in total. The second-order valence-corrected chi connectivity index (χ2v) is 3.75. The number of halogens is 2. The molecule has 0 spiro atoms. The van der Waals surface area contributed by atoms with Gasteiger partial charge in [0.2, 0.25) is 11.8 Å². The van der Waals surface area contributed by atoms with Crippen molar-refractivity contribution >= 4 is 23.4 Å². The largest absolute Gasteiger partial charge is 0.295 e. The maximum atomic E-state index is 12.6. The van der Waals surface area contributed by atoms with Gasteiger partial charge in [0.1, 0.15) is 11.2 Å². The fourth-order valence-corrected chi connectivity index (χ4v) is 1.86. The minimum atomic E-state index is -0.914. The Bertz CT molecular complexity index is 418. The van der Waals surface area contributed by atoms with E-state index >= 15 is 0 Å². The van der Waals surface area contributed by atoms with Crippen molar-refractivity contribution in [2.75, 3.05) is 0 Å². The molecular formula is C10H7ClFNO2. The van der Waals surface area contributed by atoms with E-state index < -0.39 is 28.9 Å². The first kappa shape index (κ1) is 10.1. The molecule has 2 unspecified atom stereocenters. The summed E-state index contributed by atoms with van der Waals surface area (Å²) in [7, 11) is 0. The molecule has 1 fully saturated rings. The molecule has 1 aliphatic heterocycles. The van der Waals surface area contributed by atoms with E-state index in [1.807, 2.05) is 0 Å². The highest BCUT2D eigenvalue weighted by atomic mass is 35.5. The van der Waals surface area contributed by atoms with Crippen LogP contribution in [0.1, 0.15) is 11.5 Å². The van der Waals surface area contributed by atoms with E-state index in [1.54, 1.807) is 0 Å². The van der Waals surface area contributed by atoms with Crippen LogP contribution in [0.2, 0.25) is 0 Å². The van der Waals surface area contributed by atoms with Crippen molar-refractivity contribution in [2.24, 2.45) is 0 Å². The normalized spacial score (nSPS) is 25.5. The molecule has 2 rings (SSSR count). The van der Waals surface area contributed by atoms with Gasteiger partial charge in [-0.05, 0) is 17.7 Å². The van der Waals surface area contributed by atoms with Gasteiger partial charge in [-0.1, -0.05) is 12.1 Å². The summed E-state index contributed by atoms with van der Waals surface area (Å²) >= 11 is 5.77. The summed E-state index contributed by atoms with van der Waals surface area (Å²) in [4.78, 5) is 22.5. The average Bonchev–Trinajstić information content (AvgIpc) is 2.44. The molecule has 0 aliphatic carbocycles. The van der Waals surface area contributed by atoms with Gasteiger partial charge in [-0.25, -0.2) is 4.39 Å². The Hall–Kier alpha value is -1.42. The van der Waals surface area contributed by atoms with Crippen molar-refractivity contribution in [3.63, 3.8) is 0 Å². The molecule has 1 heterocycles. The van der Waals surface area contributed by atoms with E-state index in [-0.39, 0.29) is 0 Å². The molecule has 78 valence electrons. The van der Waals surface area contributed by atoms with Crippen molar-refractivity contribution in [3.05, 3.63) is 35.6 Å². The lowest BCUT2D eigenvalue weighted by Gasteiger charge is -2.09. The monoisotopic (exact) mass is 227 g/mol. The predicted molar refractivity (Wildman–Crippen MR) is 51.9 cm³/mol. The first-order valence-electron chi connectivity index (χ1n) is 4.34. The number of nitrogens with one attached hydrogen (secondary N) is 1. The Labute approximate surface area is 90.2 Å². The summed E-state index contributed by atoms with van der Waals surface area (Å²) in [6, 6.07) is 5.37. The first-order chi connectivity index (χ1) is 7.09. The quantitative estimate of drug-likeness (QED) is 0.578. The van der Waals surface area contributed by atoms with Crippen LogP contribution in [-0.2, 0) is 9.59 Å². The van der Waals surface area contributed by atoms with Crippen LogP contribution in [0.3, 0.4) is 0 Å². The maximum absolute atomic E-state index is 12.6. The minimum absolute atomic E-state index is 0.394. The summed E-state index contributed by atoms with van der Waals surface area (Å²) in [6.07, 6.45) is 0. The van der Waals surface area contributed by atoms with Crippen molar-refractivity contribution < 1.29 is 14.0 Å². The van der Waals surface area contributed by atoms with Gasteiger partial charge in [-0.3, -0.25) is 14.9 Å². The van der Waals surface area contributed by atoms with Crippen LogP contribution >= 0.6 is 11.6 Å². The smallest absolute Gasteiger partial charge is 0.245 e. The molecule has 2 amide bonds. The van der Waals surface area contributed by atoms with Gasteiger partial charge in [0.25, 0.3) is 0 Å². The van der Waals surface area contributed by atoms with Crippen molar-refractivity contribution in [1.82, 2.24) is 5.32 Å². The molecule has 1 aliphatic rings. The van der Waals surface area contributed by atoms with E-state index in [1.165, 1.54) is 24.3 Å². The second-order valence-electron chi connectivity index (χ2n) is 3.28. The molecule has 0 aromatic heterocycles. The molecule has 2 atom stereocenters. The molecule has 0 bridgehead atoms. The number of hydrogen-bond acceptors (Lipinski definition) is 2. The summed E-state index contributed by atoms with van der Waals surface area (Å²) in [5, 5.41) is 1.21. The van der Waals surface area contributed by atoms with E-state index in [9.17, 15) is 14.0 Å². The molecule has 15 heavy (non-hydrogen) atoms. The zero-order valence-electron chi connectivity index (χ0n) is 7.54. The highest BCUT2D eigenvalue weighted by molar-refractivity contribution is 6.37. The molecule has 1 aromatic carbocycles. The Balaban J connectivity index is 2.34.